The Kier molecular flexibility index (Phi) is 7.39. The number of carbonyl (C=O) groups is 1. The largest absolute Gasteiger partial charge is 0.465 e. The van der Waals surface area contributed by atoms with Crippen LogP contribution >= 0.6 is 35.2 Å². The topological polar surface area (TPSA) is 81.1 Å². The minimum absolute atomic E-state index is 0.327. The first-order valence-corrected chi connectivity index (χ1v) is 12.1. The molecule has 0 fully saturated rings. The third-order valence-corrected chi connectivity index (χ3v) is 6.97. The molecule has 32 heavy (non-hydrogen) atoms. The number of nitrogens with zero attached hydrogens (tertiary/aromatic N) is 3. The number of halogens is 1. The molecule has 0 saturated carbocycles. The van der Waals surface area contributed by atoms with Crippen molar-refractivity contribution in [2.24, 2.45) is 0 Å². The van der Waals surface area contributed by atoms with Crippen molar-refractivity contribution in [3.05, 3.63) is 57.2 Å². The minimum atomic E-state index is -0.334. The molecule has 1 aliphatic rings. The summed E-state index contributed by atoms with van der Waals surface area (Å²) < 4.78 is 6.78. The molecule has 168 valence electrons. The van der Waals surface area contributed by atoms with Crippen LogP contribution in [0.1, 0.15) is 52.0 Å². The Morgan fingerprint density at radius 2 is 1.94 bits per heavy atom. The van der Waals surface area contributed by atoms with E-state index in [1.807, 2.05) is 24.3 Å². The molecule has 0 amide bonds. The lowest BCUT2D eigenvalue weighted by molar-refractivity contribution is 0.0601. The summed E-state index contributed by atoms with van der Waals surface area (Å²) in [4.78, 5) is 18.1. The molecular weight excluding hydrogens is 466 g/mol. The molecule has 0 aliphatic heterocycles. The van der Waals surface area contributed by atoms with Crippen LogP contribution in [0.25, 0.3) is 0 Å². The zero-order valence-electron chi connectivity index (χ0n) is 17.7. The highest BCUT2D eigenvalue weighted by Gasteiger charge is 2.25. The van der Waals surface area contributed by atoms with E-state index in [2.05, 4.69) is 20.7 Å². The molecule has 1 aromatic carbocycles. The summed E-state index contributed by atoms with van der Waals surface area (Å²) in [6.45, 7) is 0.566. The van der Waals surface area contributed by atoms with Gasteiger partial charge in [-0.25, -0.2) is 14.5 Å². The van der Waals surface area contributed by atoms with Gasteiger partial charge >= 0.3 is 5.97 Å². The van der Waals surface area contributed by atoms with E-state index in [0.717, 1.165) is 36.8 Å². The predicted octanol–water partition coefficient (Wildman–Crippen LogP) is 5.30. The lowest BCUT2D eigenvalue weighted by atomic mass is 9.96. The molecular formula is C22H24ClN5O2S2. The third kappa shape index (κ3) is 5.46. The number of aromatic nitrogens is 3. The number of fused-ring (bicyclic) bond motifs is 1. The van der Waals surface area contributed by atoms with Gasteiger partial charge in [-0.2, -0.15) is 0 Å². The highest BCUT2D eigenvalue weighted by molar-refractivity contribution is 7.80. The van der Waals surface area contributed by atoms with Crippen LogP contribution in [0.15, 0.2) is 30.6 Å². The molecule has 1 aliphatic carbocycles. The maximum atomic E-state index is 12.5. The van der Waals surface area contributed by atoms with Crippen molar-refractivity contribution in [2.75, 3.05) is 17.7 Å². The summed E-state index contributed by atoms with van der Waals surface area (Å²) in [5.41, 5.74) is 2.75. The van der Waals surface area contributed by atoms with Crippen molar-refractivity contribution in [2.45, 2.75) is 45.1 Å². The first-order valence-electron chi connectivity index (χ1n) is 10.5. The first kappa shape index (κ1) is 22.7. The average Bonchev–Trinajstić information content (AvgIpc) is 3.33. The Hall–Kier alpha value is -2.49. The number of hydrogen-bond acceptors (Lipinski definition) is 6. The number of hydrogen-bond donors (Lipinski definition) is 2. The fourth-order valence-electron chi connectivity index (χ4n) is 3.77. The number of aryl methyl sites for hydroxylation is 1. The maximum absolute atomic E-state index is 12.5. The summed E-state index contributed by atoms with van der Waals surface area (Å²) in [5, 5.41) is 12.3. The van der Waals surface area contributed by atoms with Gasteiger partial charge in [0.1, 0.15) is 11.3 Å². The monoisotopic (exact) mass is 489 g/mol. The molecule has 0 radical (unpaired) electrons. The number of thiophene rings is 1. The molecule has 0 spiro atoms. The summed E-state index contributed by atoms with van der Waals surface area (Å²) in [5.74, 6) is 0.0461. The Balaban J connectivity index is 1.46. The van der Waals surface area contributed by atoms with Crippen LogP contribution in [0.5, 0.6) is 0 Å². The number of thiocarbonyl (C=S) groups is 1. The van der Waals surface area contributed by atoms with Crippen molar-refractivity contribution >= 4 is 57.2 Å². The molecule has 7 nitrogen and oxygen atoms in total. The molecule has 0 atom stereocenters. The fraction of sp³-hybridized carbons (Fsp3) is 0.364. The molecule has 10 heteroatoms. The quantitative estimate of drug-likeness (QED) is 0.372. The number of ether oxygens (including phenoxy) is 1. The molecule has 2 N–H and O–H groups in total. The lowest BCUT2D eigenvalue weighted by Gasteiger charge is -2.11. The van der Waals surface area contributed by atoms with Gasteiger partial charge in [0.2, 0.25) is 5.95 Å². The van der Waals surface area contributed by atoms with Crippen LogP contribution in [0.2, 0.25) is 5.02 Å². The van der Waals surface area contributed by atoms with Crippen LogP contribution in [0.3, 0.4) is 0 Å². The lowest BCUT2D eigenvalue weighted by Crippen LogP contribution is -2.21. The van der Waals surface area contributed by atoms with Crippen molar-refractivity contribution in [3.63, 3.8) is 0 Å². The van der Waals surface area contributed by atoms with E-state index in [9.17, 15) is 4.79 Å². The van der Waals surface area contributed by atoms with Crippen LogP contribution in [0, 0.1) is 0 Å². The van der Waals surface area contributed by atoms with Crippen LogP contribution < -0.4 is 10.6 Å². The van der Waals surface area contributed by atoms with Gasteiger partial charge in [-0.15, -0.1) is 16.4 Å². The number of rotatable bonds is 5. The SMILES string of the molecule is COC(=O)c1c(NC(=S)Nc2ncn(Cc3ccc(Cl)cc3)n2)sc2c1CCCCCC2. The van der Waals surface area contributed by atoms with Crippen molar-refractivity contribution < 1.29 is 9.53 Å². The van der Waals surface area contributed by atoms with Crippen LogP contribution in [0.4, 0.5) is 10.9 Å². The van der Waals surface area contributed by atoms with Gasteiger partial charge in [0, 0.05) is 9.90 Å². The number of benzene rings is 1. The Bertz CT molecular complexity index is 1110. The highest BCUT2D eigenvalue weighted by atomic mass is 35.5. The third-order valence-electron chi connectivity index (χ3n) is 5.31. The number of anilines is 2. The van der Waals surface area contributed by atoms with Gasteiger partial charge in [-0.3, -0.25) is 5.32 Å². The summed E-state index contributed by atoms with van der Waals surface area (Å²) in [6, 6.07) is 7.58. The van der Waals surface area contributed by atoms with E-state index in [-0.39, 0.29) is 5.97 Å². The fourth-order valence-corrected chi connectivity index (χ4v) is 5.43. The second-order valence-corrected chi connectivity index (χ2v) is 9.53. The molecule has 0 saturated heterocycles. The van der Waals surface area contributed by atoms with Crippen LogP contribution in [-0.4, -0.2) is 33.0 Å². The zero-order valence-corrected chi connectivity index (χ0v) is 20.1. The minimum Gasteiger partial charge on any atom is -0.465 e. The Morgan fingerprint density at radius 3 is 2.69 bits per heavy atom. The highest BCUT2D eigenvalue weighted by Crippen LogP contribution is 2.37. The summed E-state index contributed by atoms with van der Waals surface area (Å²) in [6.07, 6.45) is 8.10. The van der Waals surface area contributed by atoms with E-state index in [1.165, 1.54) is 24.8 Å². The summed E-state index contributed by atoms with van der Waals surface area (Å²) >= 11 is 13.0. The zero-order chi connectivity index (χ0) is 22.5. The van der Waals surface area contributed by atoms with E-state index in [4.69, 9.17) is 28.6 Å². The second kappa shape index (κ2) is 10.4. The molecule has 4 rings (SSSR count). The number of nitrogens with one attached hydrogen (secondary N) is 2. The standard InChI is InChI=1S/C22H24ClN5O2S2/c1-30-20(29)18-16-6-4-2-3-5-7-17(16)32-19(18)25-22(31)26-21-24-13-28(27-21)12-14-8-10-15(23)11-9-14/h8-11,13H,2-7,12H2,1H3,(H2,25,26,27,31). The molecule has 2 aromatic heterocycles. The average molecular weight is 490 g/mol. The molecule has 2 heterocycles. The van der Waals surface area contributed by atoms with E-state index < -0.39 is 0 Å². The molecule has 0 unspecified atom stereocenters. The predicted molar refractivity (Wildman–Crippen MR) is 132 cm³/mol. The molecule has 3 aromatic rings. The van der Waals surface area contributed by atoms with Gasteiger partial charge in [-0.1, -0.05) is 36.6 Å². The first-order chi connectivity index (χ1) is 15.5. The van der Waals surface area contributed by atoms with Gasteiger partial charge < -0.3 is 10.1 Å². The number of carbonyl (C=O) groups excluding carboxylic acids is 1. The molecule has 0 bridgehead atoms. The van der Waals surface area contributed by atoms with Gasteiger partial charge in [0.15, 0.2) is 5.11 Å². The van der Waals surface area contributed by atoms with E-state index in [0.29, 0.717) is 33.2 Å². The van der Waals surface area contributed by atoms with Crippen molar-refractivity contribution in [1.82, 2.24) is 14.8 Å². The van der Waals surface area contributed by atoms with Gasteiger partial charge in [-0.05, 0) is 61.2 Å². The summed E-state index contributed by atoms with van der Waals surface area (Å²) in [7, 11) is 1.41. The van der Waals surface area contributed by atoms with Gasteiger partial charge in [0.25, 0.3) is 0 Å². The Labute approximate surface area is 201 Å². The number of esters is 1. The number of methoxy groups -OCH3 is 1. The normalized spacial score (nSPS) is 13.6. The maximum Gasteiger partial charge on any atom is 0.341 e. The second-order valence-electron chi connectivity index (χ2n) is 7.59. The van der Waals surface area contributed by atoms with Gasteiger partial charge in [0.05, 0.1) is 19.2 Å². The van der Waals surface area contributed by atoms with E-state index >= 15 is 0 Å². The van der Waals surface area contributed by atoms with Crippen LogP contribution in [-0.2, 0) is 24.1 Å². The smallest absolute Gasteiger partial charge is 0.341 e. The van der Waals surface area contributed by atoms with Crippen molar-refractivity contribution in [1.29, 1.82) is 0 Å². The van der Waals surface area contributed by atoms with E-state index in [1.54, 1.807) is 22.3 Å². The Morgan fingerprint density at radius 1 is 1.19 bits per heavy atom. The van der Waals surface area contributed by atoms with Crippen molar-refractivity contribution in [3.8, 4) is 0 Å².